The van der Waals surface area contributed by atoms with E-state index in [2.05, 4.69) is 0 Å². The Morgan fingerprint density at radius 3 is 2.86 bits per heavy atom. The van der Waals surface area contributed by atoms with Gasteiger partial charge < -0.3 is 10.0 Å². The van der Waals surface area contributed by atoms with E-state index in [9.17, 15) is 4.79 Å². The van der Waals surface area contributed by atoms with Crippen LogP contribution in [0.5, 0.6) is 0 Å². The maximum absolute atomic E-state index is 10.8. The molecule has 1 aromatic carbocycles. The number of rotatable bonds is 1. The average molecular weight is 207 g/mol. The van der Waals surface area contributed by atoms with Gasteiger partial charge in [0.2, 0.25) is 0 Å². The molecule has 0 fully saturated rings. The lowest BCUT2D eigenvalue weighted by Gasteiger charge is -2.23. The zero-order valence-corrected chi connectivity index (χ0v) is 8.41. The van der Waals surface area contributed by atoms with Crippen molar-refractivity contribution < 1.29 is 9.90 Å². The van der Waals surface area contributed by atoms with E-state index in [1.54, 1.807) is 6.20 Å². The van der Waals surface area contributed by atoms with Crippen LogP contribution < -0.4 is 4.90 Å². The number of hydrogen-bond acceptors (Lipinski definition) is 3. The fourth-order valence-corrected chi connectivity index (χ4v) is 2.32. The van der Waals surface area contributed by atoms with Crippen molar-refractivity contribution in [3.8, 4) is 0 Å². The molecule has 14 heavy (non-hydrogen) atoms. The number of aliphatic carboxylic acids is 1. The summed E-state index contributed by atoms with van der Waals surface area (Å²) in [6.45, 7) is 0. The molecule has 0 amide bonds. The van der Waals surface area contributed by atoms with Crippen LogP contribution in [0.3, 0.4) is 0 Å². The number of hydrogen-bond donors (Lipinski definition) is 1. The third-order valence-electron chi connectivity index (χ3n) is 1.99. The molecular weight excluding hydrogens is 198 g/mol. The lowest BCUT2D eigenvalue weighted by atomic mass is 10.3. The van der Waals surface area contributed by atoms with Gasteiger partial charge in [-0.15, -0.1) is 0 Å². The van der Waals surface area contributed by atoms with Crippen molar-refractivity contribution in [3.63, 3.8) is 0 Å². The molecular formula is C10H9NO2S. The zero-order valence-electron chi connectivity index (χ0n) is 7.60. The Balaban J connectivity index is 2.42. The summed E-state index contributed by atoms with van der Waals surface area (Å²) in [6, 6.07) is 7.74. The van der Waals surface area contributed by atoms with Gasteiger partial charge in [0.25, 0.3) is 0 Å². The van der Waals surface area contributed by atoms with Crippen molar-refractivity contribution in [1.82, 2.24) is 0 Å². The minimum absolute atomic E-state index is 0.353. The molecule has 0 saturated heterocycles. The van der Waals surface area contributed by atoms with Gasteiger partial charge in [-0.25, -0.2) is 4.79 Å². The number of thioether (sulfide) groups is 1. The standard InChI is InChI=1S/C10H9NO2S/c1-11-6-9(10(12)13)14-8-5-3-2-4-7(8)11/h2-6H,1H3,(H,12,13). The van der Waals surface area contributed by atoms with Crippen LogP contribution in [0.4, 0.5) is 5.69 Å². The van der Waals surface area contributed by atoms with E-state index in [0.717, 1.165) is 10.6 Å². The molecule has 72 valence electrons. The highest BCUT2D eigenvalue weighted by Crippen LogP contribution is 2.38. The number of benzene rings is 1. The maximum atomic E-state index is 10.8. The second kappa shape index (κ2) is 3.38. The molecule has 1 N–H and O–H groups in total. The average Bonchev–Trinajstić information content (AvgIpc) is 2.17. The summed E-state index contributed by atoms with van der Waals surface area (Å²) in [6.07, 6.45) is 1.63. The quantitative estimate of drug-likeness (QED) is 0.766. The first-order valence-corrected chi connectivity index (χ1v) is 4.95. The second-order valence-corrected chi connectivity index (χ2v) is 4.06. The summed E-state index contributed by atoms with van der Waals surface area (Å²) in [5.41, 5.74) is 1.04. The lowest BCUT2D eigenvalue weighted by Crippen LogP contribution is -2.15. The molecule has 3 nitrogen and oxygen atoms in total. The fourth-order valence-electron chi connectivity index (χ4n) is 1.32. The molecule has 0 saturated carbocycles. The Hall–Kier alpha value is -1.42. The van der Waals surface area contributed by atoms with Gasteiger partial charge >= 0.3 is 5.97 Å². The highest BCUT2D eigenvalue weighted by molar-refractivity contribution is 8.04. The predicted molar refractivity (Wildman–Crippen MR) is 56.4 cm³/mol. The normalized spacial score (nSPS) is 14.6. The van der Waals surface area contributed by atoms with Gasteiger partial charge in [0.1, 0.15) is 4.91 Å². The Morgan fingerprint density at radius 1 is 1.43 bits per heavy atom. The number of anilines is 1. The third-order valence-corrected chi connectivity index (χ3v) is 3.05. The molecule has 0 radical (unpaired) electrons. The Morgan fingerprint density at radius 2 is 2.14 bits per heavy atom. The van der Waals surface area contributed by atoms with E-state index < -0.39 is 5.97 Å². The SMILES string of the molecule is CN1C=C(C(=O)O)Sc2ccccc21. The number of para-hydroxylation sites is 1. The number of carboxylic acids is 1. The van der Waals surface area contributed by atoms with E-state index in [4.69, 9.17) is 5.11 Å². The number of fused-ring (bicyclic) bond motifs is 1. The van der Waals surface area contributed by atoms with E-state index in [1.165, 1.54) is 11.8 Å². The van der Waals surface area contributed by atoms with Gasteiger partial charge in [0, 0.05) is 18.1 Å². The van der Waals surface area contributed by atoms with Crippen LogP contribution in [0.25, 0.3) is 0 Å². The summed E-state index contributed by atoms with van der Waals surface area (Å²) < 4.78 is 0. The van der Waals surface area contributed by atoms with E-state index in [1.807, 2.05) is 36.2 Å². The summed E-state index contributed by atoms with van der Waals surface area (Å²) >= 11 is 1.29. The predicted octanol–water partition coefficient (Wildman–Crippen LogP) is 2.15. The highest BCUT2D eigenvalue weighted by Gasteiger charge is 2.19. The molecule has 0 atom stereocenters. The molecule has 0 aliphatic carbocycles. The topological polar surface area (TPSA) is 40.5 Å². The third kappa shape index (κ3) is 1.48. The molecule has 4 heteroatoms. The lowest BCUT2D eigenvalue weighted by molar-refractivity contribution is -0.131. The highest BCUT2D eigenvalue weighted by atomic mass is 32.2. The number of nitrogens with zero attached hydrogens (tertiary/aromatic N) is 1. The molecule has 0 bridgehead atoms. The summed E-state index contributed by atoms with van der Waals surface area (Å²) in [7, 11) is 1.85. The van der Waals surface area contributed by atoms with Gasteiger partial charge in [0.15, 0.2) is 0 Å². The largest absolute Gasteiger partial charge is 0.477 e. The molecule has 0 unspecified atom stereocenters. The molecule has 0 spiro atoms. The molecule has 1 heterocycles. The van der Waals surface area contributed by atoms with Crippen LogP contribution in [-0.4, -0.2) is 18.1 Å². The van der Waals surface area contributed by atoms with E-state index >= 15 is 0 Å². The van der Waals surface area contributed by atoms with Crippen molar-refractivity contribution in [2.45, 2.75) is 4.90 Å². The van der Waals surface area contributed by atoms with Crippen LogP contribution in [0.15, 0.2) is 40.3 Å². The van der Waals surface area contributed by atoms with Crippen molar-refractivity contribution in [2.75, 3.05) is 11.9 Å². The molecule has 1 aromatic rings. The van der Waals surface area contributed by atoms with Crippen molar-refractivity contribution in [2.24, 2.45) is 0 Å². The second-order valence-electron chi connectivity index (χ2n) is 2.98. The van der Waals surface area contributed by atoms with E-state index in [0.29, 0.717) is 4.91 Å². The van der Waals surface area contributed by atoms with Gasteiger partial charge in [-0.3, -0.25) is 0 Å². The minimum Gasteiger partial charge on any atom is -0.477 e. The van der Waals surface area contributed by atoms with Crippen molar-refractivity contribution in [3.05, 3.63) is 35.4 Å². The van der Waals surface area contributed by atoms with Gasteiger partial charge in [-0.2, -0.15) is 0 Å². The first kappa shape index (κ1) is 9.15. The van der Waals surface area contributed by atoms with Crippen LogP contribution in [0.2, 0.25) is 0 Å². The molecule has 1 aliphatic rings. The number of carbonyl (C=O) groups is 1. The van der Waals surface area contributed by atoms with Crippen LogP contribution in [-0.2, 0) is 4.79 Å². The molecule has 2 rings (SSSR count). The zero-order chi connectivity index (χ0) is 10.1. The van der Waals surface area contributed by atoms with Crippen molar-refractivity contribution >= 4 is 23.4 Å². The monoisotopic (exact) mass is 207 g/mol. The fraction of sp³-hybridized carbons (Fsp3) is 0.100. The summed E-state index contributed by atoms with van der Waals surface area (Å²) in [5.74, 6) is -0.878. The van der Waals surface area contributed by atoms with Gasteiger partial charge in [0.05, 0.1) is 5.69 Å². The van der Waals surface area contributed by atoms with Crippen LogP contribution in [0.1, 0.15) is 0 Å². The minimum atomic E-state index is -0.878. The first-order chi connectivity index (χ1) is 6.68. The summed E-state index contributed by atoms with van der Waals surface area (Å²) in [5, 5.41) is 8.87. The Labute approximate surface area is 86.0 Å². The molecule has 1 aliphatic heterocycles. The van der Waals surface area contributed by atoms with Gasteiger partial charge in [-0.1, -0.05) is 23.9 Å². The van der Waals surface area contributed by atoms with E-state index in [-0.39, 0.29) is 0 Å². The maximum Gasteiger partial charge on any atom is 0.344 e. The smallest absolute Gasteiger partial charge is 0.344 e. The number of carboxylic acid groups (broad SMARTS) is 1. The first-order valence-electron chi connectivity index (χ1n) is 4.13. The Kier molecular flexibility index (Phi) is 2.21. The van der Waals surface area contributed by atoms with Crippen molar-refractivity contribution in [1.29, 1.82) is 0 Å². The van der Waals surface area contributed by atoms with Crippen LogP contribution in [0, 0.1) is 0 Å². The van der Waals surface area contributed by atoms with Crippen LogP contribution >= 0.6 is 11.8 Å². The summed E-state index contributed by atoms with van der Waals surface area (Å²) in [4.78, 5) is 14.0. The molecule has 0 aromatic heterocycles. The van der Waals surface area contributed by atoms with Gasteiger partial charge in [-0.05, 0) is 12.1 Å². The Bertz CT molecular complexity index is 414.